The molecular formula is C16H10Cl2N3O3S-. The summed E-state index contributed by atoms with van der Waals surface area (Å²) in [5.74, 6) is 0.0162. The van der Waals surface area contributed by atoms with Gasteiger partial charge in [-0.3, -0.25) is 5.10 Å². The molecule has 0 unspecified atom stereocenters. The molecule has 0 spiro atoms. The smallest absolute Gasteiger partial charge is 0.213 e. The Bertz CT molecular complexity index is 965. The van der Waals surface area contributed by atoms with Crippen molar-refractivity contribution >= 4 is 47.0 Å². The van der Waals surface area contributed by atoms with Crippen molar-refractivity contribution in [1.29, 1.82) is 0 Å². The monoisotopic (exact) mass is 394 g/mol. The van der Waals surface area contributed by atoms with E-state index in [1.165, 1.54) is 6.08 Å². The van der Waals surface area contributed by atoms with E-state index in [0.717, 1.165) is 11.8 Å². The minimum Gasteiger partial charge on any atom is -0.544 e. The second kappa shape index (κ2) is 7.35. The number of furan rings is 1. The number of carbonyl (C=O) groups excluding carboxylic acids is 1. The summed E-state index contributed by atoms with van der Waals surface area (Å²) in [6.45, 7) is 1.72. The number of benzene rings is 1. The number of nitrogens with one attached hydrogen (secondary N) is 1. The molecule has 0 bridgehead atoms. The van der Waals surface area contributed by atoms with Gasteiger partial charge in [-0.25, -0.2) is 4.98 Å². The van der Waals surface area contributed by atoms with E-state index in [4.69, 9.17) is 27.6 Å². The van der Waals surface area contributed by atoms with Crippen LogP contribution >= 0.6 is 35.0 Å². The largest absolute Gasteiger partial charge is 0.544 e. The van der Waals surface area contributed by atoms with E-state index in [1.807, 2.05) is 0 Å². The summed E-state index contributed by atoms with van der Waals surface area (Å²) in [5, 5.41) is 18.9. The number of nitrogens with zero attached hydrogens (tertiary/aromatic N) is 2. The van der Waals surface area contributed by atoms with Crippen LogP contribution in [0.15, 0.2) is 44.8 Å². The van der Waals surface area contributed by atoms with Crippen LogP contribution in [0.1, 0.15) is 11.6 Å². The van der Waals surface area contributed by atoms with Gasteiger partial charge in [-0.15, -0.1) is 5.10 Å². The number of carbonyl (C=O) groups is 1. The first kappa shape index (κ1) is 17.6. The van der Waals surface area contributed by atoms with Crippen molar-refractivity contribution in [3.63, 3.8) is 0 Å². The lowest BCUT2D eigenvalue weighted by atomic mass is 10.2. The molecule has 0 aliphatic carbocycles. The minimum absolute atomic E-state index is 0.0860. The third-order valence-electron chi connectivity index (χ3n) is 3.10. The molecule has 25 heavy (non-hydrogen) atoms. The number of carboxylic acid groups (broad SMARTS) is 1. The summed E-state index contributed by atoms with van der Waals surface area (Å²) in [4.78, 5) is 15.3. The molecule has 6 nitrogen and oxygen atoms in total. The van der Waals surface area contributed by atoms with Crippen molar-refractivity contribution in [3.05, 3.63) is 56.9 Å². The van der Waals surface area contributed by atoms with E-state index in [0.29, 0.717) is 33.0 Å². The van der Waals surface area contributed by atoms with Crippen LogP contribution in [0.4, 0.5) is 0 Å². The summed E-state index contributed by atoms with van der Waals surface area (Å²) in [6, 6.07) is 8.47. The highest BCUT2D eigenvalue weighted by atomic mass is 35.5. The number of aromatic amines is 1. The number of hydrogen-bond acceptors (Lipinski definition) is 6. The van der Waals surface area contributed by atoms with Gasteiger partial charge in [-0.05, 0) is 49.0 Å². The molecule has 0 saturated carbocycles. The van der Waals surface area contributed by atoms with E-state index in [-0.39, 0.29) is 10.1 Å². The zero-order chi connectivity index (χ0) is 18.0. The zero-order valence-corrected chi connectivity index (χ0v) is 15.1. The van der Waals surface area contributed by atoms with Gasteiger partial charge in [0.15, 0.2) is 0 Å². The maximum atomic E-state index is 11.3. The maximum Gasteiger partial charge on any atom is 0.213 e. The van der Waals surface area contributed by atoms with Crippen LogP contribution < -0.4 is 5.11 Å². The van der Waals surface area contributed by atoms with Gasteiger partial charge in [0.25, 0.3) is 0 Å². The number of hydrogen-bond donors (Lipinski definition) is 1. The molecule has 9 heteroatoms. The number of aromatic nitrogens is 3. The van der Waals surface area contributed by atoms with Crippen molar-refractivity contribution in [1.82, 2.24) is 15.2 Å². The highest BCUT2D eigenvalue weighted by Gasteiger charge is 2.12. The highest BCUT2D eigenvalue weighted by molar-refractivity contribution is 8.04. The van der Waals surface area contributed by atoms with Gasteiger partial charge in [-0.2, -0.15) is 0 Å². The number of thioether (sulfide) groups is 1. The van der Waals surface area contributed by atoms with Gasteiger partial charge >= 0.3 is 0 Å². The Morgan fingerprint density at radius 1 is 1.32 bits per heavy atom. The Balaban J connectivity index is 1.90. The number of aliphatic carboxylic acids is 1. The van der Waals surface area contributed by atoms with Crippen LogP contribution in [0.3, 0.4) is 0 Å². The van der Waals surface area contributed by atoms with Gasteiger partial charge in [0, 0.05) is 10.5 Å². The maximum absolute atomic E-state index is 11.3. The molecular weight excluding hydrogens is 385 g/mol. The lowest BCUT2D eigenvalue weighted by molar-refractivity contribution is -0.298. The molecule has 1 aromatic carbocycles. The number of rotatable bonds is 5. The first-order valence-electron chi connectivity index (χ1n) is 6.98. The first-order valence-corrected chi connectivity index (χ1v) is 8.55. The normalized spacial score (nSPS) is 11.7. The molecule has 0 saturated heterocycles. The summed E-state index contributed by atoms with van der Waals surface area (Å²) in [6.07, 6.45) is 1.34. The predicted octanol–water partition coefficient (Wildman–Crippen LogP) is 3.56. The molecule has 0 fully saturated rings. The van der Waals surface area contributed by atoms with Crippen LogP contribution in [0.25, 0.3) is 17.4 Å². The van der Waals surface area contributed by atoms with Crippen LogP contribution in [-0.4, -0.2) is 21.2 Å². The van der Waals surface area contributed by atoms with E-state index < -0.39 is 5.97 Å². The average Bonchev–Trinajstić information content (AvgIpc) is 3.18. The molecule has 0 aliphatic rings. The number of H-pyrrole nitrogens is 1. The molecule has 0 radical (unpaired) electrons. The fourth-order valence-corrected chi connectivity index (χ4v) is 3.12. The molecule has 0 atom stereocenters. The second-order valence-corrected chi connectivity index (χ2v) is 6.70. The Kier molecular flexibility index (Phi) is 5.17. The standard InChI is InChI=1S/C16H11Cl2N3O3S/c1-8-19-16(21-20-8)25-13(15(22)23)7-9-5-6-12(24-9)10-3-2-4-11(17)14(10)18/h2-7H,1H3,(H,22,23)(H,19,20,21)/p-1/b13-7-. The van der Waals surface area contributed by atoms with Gasteiger partial charge in [0.1, 0.15) is 17.3 Å². The minimum atomic E-state index is -1.36. The van der Waals surface area contributed by atoms with E-state index in [1.54, 1.807) is 37.3 Å². The lowest BCUT2D eigenvalue weighted by Gasteiger charge is -2.05. The van der Waals surface area contributed by atoms with Crippen LogP contribution in [0.2, 0.25) is 10.0 Å². The Morgan fingerprint density at radius 2 is 2.12 bits per heavy atom. The van der Waals surface area contributed by atoms with Crippen LogP contribution in [0, 0.1) is 6.92 Å². The van der Waals surface area contributed by atoms with Crippen molar-refractivity contribution in [2.24, 2.45) is 0 Å². The van der Waals surface area contributed by atoms with E-state index in [2.05, 4.69) is 15.2 Å². The highest BCUT2D eigenvalue weighted by Crippen LogP contribution is 2.35. The Hall–Kier alpha value is -2.22. The quantitative estimate of drug-likeness (QED) is 0.524. The summed E-state index contributed by atoms with van der Waals surface area (Å²) < 4.78 is 5.66. The number of aryl methyl sites for hydroxylation is 1. The number of halogens is 2. The van der Waals surface area contributed by atoms with Gasteiger partial charge in [0.2, 0.25) is 5.16 Å². The third kappa shape index (κ3) is 4.07. The molecule has 1 N–H and O–H groups in total. The summed E-state index contributed by atoms with van der Waals surface area (Å²) >= 11 is 13.0. The molecule has 3 rings (SSSR count). The van der Waals surface area contributed by atoms with Gasteiger partial charge in [-0.1, -0.05) is 29.3 Å². The second-order valence-electron chi connectivity index (χ2n) is 4.90. The topological polar surface area (TPSA) is 94.8 Å². The summed E-state index contributed by atoms with van der Waals surface area (Å²) in [5.41, 5.74) is 0.612. The lowest BCUT2D eigenvalue weighted by Crippen LogP contribution is -2.23. The Morgan fingerprint density at radius 3 is 2.80 bits per heavy atom. The Labute approximate surface area is 156 Å². The summed E-state index contributed by atoms with van der Waals surface area (Å²) in [7, 11) is 0. The van der Waals surface area contributed by atoms with Gasteiger partial charge in [0.05, 0.1) is 16.0 Å². The molecule has 0 aliphatic heterocycles. The molecule has 2 aromatic heterocycles. The predicted molar refractivity (Wildman–Crippen MR) is 94.1 cm³/mol. The molecule has 128 valence electrons. The van der Waals surface area contributed by atoms with Gasteiger partial charge < -0.3 is 14.3 Å². The fourth-order valence-electron chi connectivity index (χ4n) is 1.99. The van der Waals surface area contributed by atoms with E-state index in [9.17, 15) is 9.90 Å². The van der Waals surface area contributed by atoms with Crippen molar-refractivity contribution in [3.8, 4) is 11.3 Å². The molecule has 0 amide bonds. The first-order chi connectivity index (χ1) is 11.9. The van der Waals surface area contributed by atoms with Crippen molar-refractivity contribution < 1.29 is 14.3 Å². The van der Waals surface area contributed by atoms with E-state index >= 15 is 0 Å². The van der Waals surface area contributed by atoms with Crippen LogP contribution in [-0.2, 0) is 4.79 Å². The van der Waals surface area contributed by atoms with Crippen LogP contribution in [0.5, 0.6) is 0 Å². The van der Waals surface area contributed by atoms with Crippen molar-refractivity contribution in [2.45, 2.75) is 12.1 Å². The number of carboxylic acids is 1. The molecule has 3 aromatic rings. The van der Waals surface area contributed by atoms with Crippen molar-refractivity contribution in [2.75, 3.05) is 0 Å². The third-order valence-corrected chi connectivity index (χ3v) is 4.78. The SMILES string of the molecule is Cc1nc(S/C(=C\c2ccc(-c3cccc(Cl)c3Cl)o2)C(=O)[O-])n[nH]1. The molecule has 2 heterocycles. The fraction of sp³-hybridized carbons (Fsp3) is 0.0625. The average molecular weight is 395 g/mol. The zero-order valence-electron chi connectivity index (χ0n) is 12.7.